The molecule has 1 aliphatic carbocycles. The second kappa shape index (κ2) is 9.47. The highest BCUT2D eigenvalue weighted by atomic mass is 35.5. The molecule has 1 amide bonds. The zero-order valence-electron chi connectivity index (χ0n) is 18.9. The van der Waals surface area contributed by atoms with Crippen molar-refractivity contribution in [1.82, 2.24) is 14.7 Å². The van der Waals surface area contributed by atoms with Crippen molar-refractivity contribution in [2.45, 2.75) is 69.9 Å². The van der Waals surface area contributed by atoms with Crippen molar-refractivity contribution in [2.75, 3.05) is 13.2 Å². The lowest BCUT2D eigenvalue weighted by atomic mass is 9.99. The summed E-state index contributed by atoms with van der Waals surface area (Å²) in [6.45, 7) is 3.24. The topological polar surface area (TPSA) is 73.4 Å². The number of rotatable bonds is 7. The molecule has 3 atom stereocenters. The van der Waals surface area contributed by atoms with Crippen molar-refractivity contribution in [3.05, 3.63) is 51.6 Å². The van der Waals surface area contributed by atoms with Crippen LogP contribution in [-0.2, 0) is 22.3 Å². The number of nitrogens with zero attached hydrogens (tertiary/aromatic N) is 3. The third kappa shape index (κ3) is 5.23. The molecule has 2 aromatic rings. The fraction of sp³-hybridized carbons (Fsp3) is 0.565. The van der Waals surface area contributed by atoms with Gasteiger partial charge >= 0.3 is 6.18 Å². The van der Waals surface area contributed by atoms with Gasteiger partial charge in [-0.25, -0.2) is 4.39 Å². The van der Waals surface area contributed by atoms with Crippen LogP contribution >= 0.6 is 11.6 Å². The summed E-state index contributed by atoms with van der Waals surface area (Å²) in [5.41, 5.74) is 6.05. The van der Waals surface area contributed by atoms with E-state index in [2.05, 4.69) is 5.10 Å². The van der Waals surface area contributed by atoms with Crippen LogP contribution in [0.25, 0.3) is 0 Å². The Morgan fingerprint density at radius 2 is 2.00 bits per heavy atom. The van der Waals surface area contributed by atoms with Gasteiger partial charge in [-0.15, -0.1) is 0 Å². The highest BCUT2D eigenvalue weighted by molar-refractivity contribution is 6.32. The molecule has 1 saturated carbocycles. The van der Waals surface area contributed by atoms with E-state index in [4.69, 9.17) is 22.1 Å². The molecule has 34 heavy (non-hydrogen) atoms. The van der Waals surface area contributed by atoms with Crippen molar-refractivity contribution < 1.29 is 27.1 Å². The number of carbonyl (C=O) groups is 1. The predicted molar refractivity (Wildman–Crippen MR) is 118 cm³/mol. The Kier molecular flexibility index (Phi) is 6.94. The number of benzene rings is 1. The van der Waals surface area contributed by atoms with Gasteiger partial charge in [-0.3, -0.25) is 9.48 Å². The number of likely N-dealkylation sites (tertiary alicyclic amines) is 1. The maximum Gasteiger partial charge on any atom is 0.433 e. The molecule has 2 fully saturated rings. The van der Waals surface area contributed by atoms with Crippen molar-refractivity contribution in [1.29, 1.82) is 0 Å². The highest BCUT2D eigenvalue weighted by Gasteiger charge is 2.42. The molecule has 0 bridgehead atoms. The zero-order valence-corrected chi connectivity index (χ0v) is 19.7. The number of aromatic nitrogens is 2. The first-order valence-corrected chi connectivity index (χ1v) is 11.6. The van der Waals surface area contributed by atoms with Crippen LogP contribution in [0.1, 0.15) is 60.7 Å². The van der Waals surface area contributed by atoms with Gasteiger partial charge in [0.05, 0.1) is 24.4 Å². The largest absolute Gasteiger partial charge is 0.433 e. The number of hydrogen-bond acceptors (Lipinski definition) is 4. The molecule has 1 aliphatic heterocycles. The molecule has 2 aliphatic rings. The maximum atomic E-state index is 14.3. The average molecular weight is 503 g/mol. The van der Waals surface area contributed by atoms with Gasteiger partial charge in [0, 0.05) is 23.5 Å². The van der Waals surface area contributed by atoms with Gasteiger partial charge in [-0.2, -0.15) is 18.3 Å². The summed E-state index contributed by atoms with van der Waals surface area (Å²) in [6, 6.07) is 2.51. The number of nitrogens with two attached hydrogens (primary N) is 1. The minimum absolute atomic E-state index is 0.00194. The SMILES string of the molecule is Cc1cc(F)cc([C@@H]2[C@H](OC[C@@H](C)N)CCN2C(=O)Cn2nc(C3CC3)cc2C(F)(F)F)c1Cl. The second-order valence-corrected chi connectivity index (χ2v) is 9.56. The van der Waals surface area contributed by atoms with Gasteiger partial charge in [-0.05, 0) is 62.4 Å². The van der Waals surface area contributed by atoms with E-state index < -0.39 is 42.3 Å². The van der Waals surface area contributed by atoms with Crippen molar-refractivity contribution in [3.8, 4) is 0 Å². The Labute approximate surface area is 200 Å². The summed E-state index contributed by atoms with van der Waals surface area (Å²) in [7, 11) is 0. The number of aryl methyl sites for hydroxylation is 1. The van der Waals surface area contributed by atoms with Crippen LogP contribution in [0.5, 0.6) is 0 Å². The first kappa shape index (κ1) is 24.9. The number of amides is 1. The molecule has 1 aromatic heterocycles. The molecular weight excluding hydrogens is 476 g/mol. The van der Waals surface area contributed by atoms with Crippen molar-refractivity contribution >= 4 is 17.5 Å². The summed E-state index contributed by atoms with van der Waals surface area (Å²) < 4.78 is 61.8. The average Bonchev–Trinajstić information content (AvgIpc) is 3.35. The number of hydrogen-bond donors (Lipinski definition) is 1. The van der Waals surface area contributed by atoms with Crippen LogP contribution in [0.4, 0.5) is 17.6 Å². The number of ether oxygens (including phenoxy) is 1. The quantitative estimate of drug-likeness (QED) is 0.562. The van der Waals surface area contributed by atoms with E-state index in [9.17, 15) is 22.4 Å². The molecular formula is C23H27ClF4N4O2. The minimum atomic E-state index is -4.64. The van der Waals surface area contributed by atoms with E-state index in [1.54, 1.807) is 13.8 Å². The molecule has 1 aromatic carbocycles. The first-order valence-electron chi connectivity index (χ1n) is 11.2. The smallest absolute Gasteiger partial charge is 0.374 e. The van der Waals surface area contributed by atoms with E-state index in [1.165, 1.54) is 17.0 Å². The zero-order chi connectivity index (χ0) is 24.8. The third-order valence-corrected chi connectivity index (χ3v) is 6.69. The number of halogens is 5. The normalized spacial score (nSPS) is 21.8. The van der Waals surface area contributed by atoms with Gasteiger partial charge in [0.2, 0.25) is 5.91 Å². The van der Waals surface area contributed by atoms with E-state index >= 15 is 0 Å². The number of carbonyl (C=O) groups excluding carboxylic acids is 1. The molecule has 2 heterocycles. The lowest BCUT2D eigenvalue weighted by Crippen LogP contribution is -2.38. The number of alkyl halides is 3. The maximum absolute atomic E-state index is 14.3. The molecule has 11 heteroatoms. The summed E-state index contributed by atoms with van der Waals surface area (Å²) in [4.78, 5) is 14.7. The molecule has 186 valence electrons. The molecule has 6 nitrogen and oxygen atoms in total. The highest BCUT2D eigenvalue weighted by Crippen LogP contribution is 2.42. The Morgan fingerprint density at radius 3 is 2.62 bits per heavy atom. The van der Waals surface area contributed by atoms with Crippen LogP contribution in [0.2, 0.25) is 5.02 Å². The molecule has 0 spiro atoms. The van der Waals surface area contributed by atoms with Gasteiger partial charge in [0.1, 0.15) is 18.1 Å². The first-order chi connectivity index (χ1) is 16.0. The van der Waals surface area contributed by atoms with Crippen LogP contribution < -0.4 is 5.73 Å². The summed E-state index contributed by atoms with van der Waals surface area (Å²) in [5.74, 6) is -1.10. The molecule has 2 N–H and O–H groups in total. The molecule has 1 saturated heterocycles. The van der Waals surface area contributed by atoms with E-state index in [1.807, 2.05) is 0 Å². The monoisotopic (exact) mass is 502 g/mol. The van der Waals surface area contributed by atoms with Crippen LogP contribution in [0.15, 0.2) is 18.2 Å². The molecule has 0 radical (unpaired) electrons. The standard InChI is InChI=1S/C23H27ClF4N4O2/c1-12-7-15(25)8-16(21(12)24)22-18(34-11-13(2)29)5-6-31(22)20(33)10-32-19(23(26,27)28)9-17(30-32)14-3-4-14/h7-9,13-14,18,22H,3-6,10-11,29H2,1-2H3/t13-,18-,22-/m1/s1. The fourth-order valence-corrected chi connectivity index (χ4v) is 4.63. The summed E-state index contributed by atoms with van der Waals surface area (Å²) in [6.07, 6.45) is -3.20. The van der Waals surface area contributed by atoms with Crippen LogP contribution in [0.3, 0.4) is 0 Å². The van der Waals surface area contributed by atoms with Crippen LogP contribution in [0, 0.1) is 12.7 Å². The Hall–Kier alpha value is -2.17. The predicted octanol–water partition coefficient (Wildman–Crippen LogP) is 4.59. The molecule has 0 unspecified atom stereocenters. The van der Waals surface area contributed by atoms with E-state index in [-0.39, 0.29) is 30.1 Å². The van der Waals surface area contributed by atoms with Gasteiger partial charge < -0.3 is 15.4 Å². The van der Waals surface area contributed by atoms with E-state index in [0.29, 0.717) is 23.2 Å². The van der Waals surface area contributed by atoms with Crippen molar-refractivity contribution in [3.63, 3.8) is 0 Å². The Balaban J connectivity index is 1.65. The Morgan fingerprint density at radius 1 is 1.29 bits per heavy atom. The van der Waals surface area contributed by atoms with Gasteiger partial charge in [0.15, 0.2) is 0 Å². The molecule has 4 rings (SSSR count). The minimum Gasteiger partial charge on any atom is -0.374 e. The fourth-order valence-electron chi connectivity index (χ4n) is 4.41. The van der Waals surface area contributed by atoms with Gasteiger partial charge in [-0.1, -0.05) is 11.6 Å². The Bertz CT molecular complexity index is 1070. The summed E-state index contributed by atoms with van der Waals surface area (Å²) in [5, 5.41) is 4.37. The van der Waals surface area contributed by atoms with E-state index in [0.717, 1.165) is 23.6 Å². The third-order valence-electron chi connectivity index (χ3n) is 6.17. The van der Waals surface area contributed by atoms with Gasteiger partial charge in [0.25, 0.3) is 0 Å². The summed E-state index contributed by atoms with van der Waals surface area (Å²) >= 11 is 6.48. The van der Waals surface area contributed by atoms with Crippen molar-refractivity contribution in [2.24, 2.45) is 5.73 Å². The second-order valence-electron chi connectivity index (χ2n) is 9.18. The van der Waals surface area contributed by atoms with Crippen LogP contribution in [-0.4, -0.2) is 45.9 Å². The lowest BCUT2D eigenvalue weighted by Gasteiger charge is -2.30. The lowest BCUT2D eigenvalue weighted by molar-refractivity contribution is -0.146.